The van der Waals surface area contributed by atoms with Gasteiger partial charge in [0.05, 0.1) is 23.0 Å². The standard InChI is InChI=1S/C20H23ClN2O2/c1-3-23(4-2)19(24)14-18(15-10-6-5-7-11-15)22-20(25)16-12-8-9-13-17(16)21/h5-13,18H,3-4,14H2,1-2H3,(H,22,25). The SMILES string of the molecule is CCN(CC)C(=O)CC(NC(=O)c1ccccc1Cl)c1ccccc1. The third-order valence-corrected chi connectivity index (χ3v) is 4.45. The number of halogens is 1. The molecule has 0 spiro atoms. The van der Waals surface area contributed by atoms with Gasteiger partial charge in [0.15, 0.2) is 0 Å². The van der Waals surface area contributed by atoms with E-state index in [1.807, 2.05) is 44.2 Å². The van der Waals surface area contributed by atoms with Crippen LogP contribution < -0.4 is 5.32 Å². The molecule has 0 radical (unpaired) electrons. The lowest BCUT2D eigenvalue weighted by Gasteiger charge is -2.24. The van der Waals surface area contributed by atoms with E-state index >= 15 is 0 Å². The molecule has 2 amide bonds. The van der Waals surface area contributed by atoms with Crippen LogP contribution in [0, 0.1) is 0 Å². The summed E-state index contributed by atoms with van der Waals surface area (Å²) in [5, 5.41) is 3.34. The summed E-state index contributed by atoms with van der Waals surface area (Å²) < 4.78 is 0. The maximum Gasteiger partial charge on any atom is 0.253 e. The van der Waals surface area contributed by atoms with Gasteiger partial charge in [-0.15, -0.1) is 0 Å². The first-order valence-electron chi connectivity index (χ1n) is 8.44. The average Bonchev–Trinajstić information content (AvgIpc) is 2.63. The molecule has 25 heavy (non-hydrogen) atoms. The van der Waals surface area contributed by atoms with Crippen molar-refractivity contribution in [1.82, 2.24) is 10.2 Å². The van der Waals surface area contributed by atoms with Gasteiger partial charge < -0.3 is 10.2 Å². The second kappa shape index (κ2) is 9.23. The van der Waals surface area contributed by atoms with E-state index in [4.69, 9.17) is 11.6 Å². The summed E-state index contributed by atoms with van der Waals surface area (Å²) in [6.07, 6.45) is 0.210. The van der Waals surface area contributed by atoms with Crippen LogP contribution in [-0.4, -0.2) is 29.8 Å². The molecule has 2 aromatic rings. The zero-order chi connectivity index (χ0) is 18.2. The monoisotopic (exact) mass is 358 g/mol. The quantitative estimate of drug-likeness (QED) is 0.811. The van der Waals surface area contributed by atoms with Gasteiger partial charge in [0, 0.05) is 13.1 Å². The van der Waals surface area contributed by atoms with Crippen LogP contribution in [0.2, 0.25) is 5.02 Å². The molecule has 1 N–H and O–H groups in total. The maximum atomic E-state index is 12.6. The van der Waals surface area contributed by atoms with Crippen molar-refractivity contribution < 1.29 is 9.59 Å². The van der Waals surface area contributed by atoms with E-state index in [1.54, 1.807) is 29.2 Å². The highest BCUT2D eigenvalue weighted by molar-refractivity contribution is 6.33. The highest BCUT2D eigenvalue weighted by Gasteiger charge is 2.22. The Hall–Kier alpha value is -2.33. The topological polar surface area (TPSA) is 49.4 Å². The fourth-order valence-corrected chi connectivity index (χ4v) is 2.92. The first-order chi connectivity index (χ1) is 12.1. The summed E-state index contributed by atoms with van der Waals surface area (Å²) in [6, 6.07) is 16.0. The van der Waals surface area contributed by atoms with Crippen molar-refractivity contribution >= 4 is 23.4 Å². The number of benzene rings is 2. The lowest BCUT2D eigenvalue weighted by atomic mass is 10.0. The van der Waals surface area contributed by atoms with Crippen LogP contribution in [0.15, 0.2) is 54.6 Å². The summed E-state index contributed by atoms with van der Waals surface area (Å²) >= 11 is 6.11. The van der Waals surface area contributed by atoms with E-state index in [0.717, 1.165) is 5.56 Å². The Bertz CT molecular complexity index is 715. The minimum absolute atomic E-state index is 0.0123. The highest BCUT2D eigenvalue weighted by Crippen LogP contribution is 2.21. The van der Waals surface area contributed by atoms with Gasteiger partial charge in [-0.25, -0.2) is 0 Å². The Morgan fingerprint density at radius 1 is 1.00 bits per heavy atom. The van der Waals surface area contributed by atoms with Gasteiger partial charge in [-0.2, -0.15) is 0 Å². The number of amides is 2. The molecule has 0 aliphatic heterocycles. The fourth-order valence-electron chi connectivity index (χ4n) is 2.70. The summed E-state index contributed by atoms with van der Waals surface area (Å²) in [4.78, 5) is 26.9. The molecule has 0 saturated heterocycles. The summed E-state index contributed by atoms with van der Waals surface area (Å²) in [6.45, 7) is 5.19. The van der Waals surface area contributed by atoms with Crippen LogP contribution in [0.25, 0.3) is 0 Å². The molecule has 2 rings (SSSR count). The van der Waals surface area contributed by atoms with Crippen molar-refractivity contribution in [3.63, 3.8) is 0 Å². The highest BCUT2D eigenvalue weighted by atomic mass is 35.5. The van der Waals surface area contributed by atoms with Gasteiger partial charge in [-0.05, 0) is 31.5 Å². The molecule has 132 valence electrons. The predicted molar refractivity (Wildman–Crippen MR) is 101 cm³/mol. The van der Waals surface area contributed by atoms with Crippen molar-refractivity contribution in [3.05, 3.63) is 70.7 Å². The minimum Gasteiger partial charge on any atom is -0.345 e. The number of carbonyl (C=O) groups is 2. The lowest BCUT2D eigenvalue weighted by Crippen LogP contribution is -2.36. The van der Waals surface area contributed by atoms with Crippen LogP contribution in [0.1, 0.15) is 42.2 Å². The zero-order valence-electron chi connectivity index (χ0n) is 14.5. The summed E-state index contributed by atoms with van der Waals surface area (Å²) in [7, 11) is 0. The van der Waals surface area contributed by atoms with Crippen molar-refractivity contribution in [3.8, 4) is 0 Å². The molecule has 0 bridgehead atoms. The Morgan fingerprint density at radius 2 is 1.60 bits per heavy atom. The summed E-state index contributed by atoms with van der Waals surface area (Å²) in [5.41, 5.74) is 1.30. The first kappa shape index (κ1) is 19.0. The van der Waals surface area contributed by atoms with Crippen molar-refractivity contribution in [2.45, 2.75) is 26.3 Å². The Balaban J connectivity index is 2.22. The third kappa shape index (κ3) is 5.07. The van der Waals surface area contributed by atoms with Crippen molar-refractivity contribution in [2.24, 2.45) is 0 Å². The van der Waals surface area contributed by atoms with Gasteiger partial charge in [-0.1, -0.05) is 54.1 Å². The molecule has 0 heterocycles. The number of hydrogen-bond acceptors (Lipinski definition) is 2. The Kier molecular flexibility index (Phi) is 7.02. The molecule has 0 aliphatic carbocycles. The van der Waals surface area contributed by atoms with Gasteiger partial charge in [0.1, 0.15) is 0 Å². The first-order valence-corrected chi connectivity index (χ1v) is 8.82. The zero-order valence-corrected chi connectivity index (χ0v) is 15.3. The van der Waals surface area contributed by atoms with Crippen LogP contribution in [-0.2, 0) is 4.79 Å². The number of nitrogens with one attached hydrogen (secondary N) is 1. The molecule has 5 heteroatoms. The number of rotatable bonds is 7. The second-order valence-electron chi connectivity index (χ2n) is 5.69. The minimum atomic E-state index is -0.405. The Morgan fingerprint density at radius 3 is 2.20 bits per heavy atom. The molecule has 1 unspecified atom stereocenters. The molecular weight excluding hydrogens is 336 g/mol. The molecule has 4 nitrogen and oxygen atoms in total. The van der Waals surface area contributed by atoms with Crippen molar-refractivity contribution in [1.29, 1.82) is 0 Å². The van der Waals surface area contributed by atoms with E-state index in [1.165, 1.54) is 0 Å². The van der Waals surface area contributed by atoms with Gasteiger partial charge in [-0.3, -0.25) is 9.59 Å². The van der Waals surface area contributed by atoms with E-state index in [2.05, 4.69) is 5.32 Å². The number of hydrogen-bond donors (Lipinski definition) is 1. The molecule has 0 aliphatic rings. The third-order valence-electron chi connectivity index (χ3n) is 4.12. The maximum absolute atomic E-state index is 12.6. The van der Waals surface area contributed by atoms with Gasteiger partial charge in [0.25, 0.3) is 5.91 Å². The average molecular weight is 359 g/mol. The molecule has 2 aromatic carbocycles. The number of nitrogens with zero attached hydrogens (tertiary/aromatic N) is 1. The van der Waals surface area contributed by atoms with Gasteiger partial charge in [0.2, 0.25) is 5.91 Å². The summed E-state index contributed by atoms with van der Waals surface area (Å²) in [5.74, 6) is -0.273. The smallest absolute Gasteiger partial charge is 0.253 e. The van der Waals surface area contributed by atoms with Crippen LogP contribution in [0.5, 0.6) is 0 Å². The molecular formula is C20H23ClN2O2. The van der Waals surface area contributed by atoms with Crippen LogP contribution in [0.3, 0.4) is 0 Å². The van der Waals surface area contributed by atoms with E-state index < -0.39 is 6.04 Å². The largest absolute Gasteiger partial charge is 0.345 e. The lowest BCUT2D eigenvalue weighted by molar-refractivity contribution is -0.131. The molecule has 0 fully saturated rings. The molecule has 1 atom stereocenters. The van der Waals surface area contributed by atoms with Gasteiger partial charge >= 0.3 is 0 Å². The Labute approximate surface area is 153 Å². The number of carbonyl (C=O) groups excluding carboxylic acids is 2. The molecule has 0 saturated carbocycles. The van der Waals surface area contributed by atoms with Crippen LogP contribution in [0.4, 0.5) is 0 Å². The van der Waals surface area contributed by atoms with E-state index in [9.17, 15) is 9.59 Å². The normalized spacial score (nSPS) is 11.6. The van der Waals surface area contributed by atoms with Crippen molar-refractivity contribution in [2.75, 3.05) is 13.1 Å². The van der Waals surface area contributed by atoms with E-state index in [0.29, 0.717) is 23.7 Å². The predicted octanol–water partition coefficient (Wildman–Crippen LogP) is 4.07. The second-order valence-corrected chi connectivity index (χ2v) is 6.09. The van der Waals surface area contributed by atoms with E-state index in [-0.39, 0.29) is 18.2 Å². The van der Waals surface area contributed by atoms with Crippen LogP contribution >= 0.6 is 11.6 Å². The molecule has 0 aromatic heterocycles. The fraction of sp³-hybridized carbons (Fsp3) is 0.300.